The van der Waals surface area contributed by atoms with Gasteiger partial charge in [-0.25, -0.2) is 0 Å². The summed E-state index contributed by atoms with van der Waals surface area (Å²) in [4.78, 5) is 0. The molecule has 0 aliphatic rings. The number of fused-ring (bicyclic) bond motifs is 9. The van der Waals surface area contributed by atoms with Crippen molar-refractivity contribution < 1.29 is 0 Å². The van der Waals surface area contributed by atoms with Crippen molar-refractivity contribution in [3.63, 3.8) is 0 Å². The zero-order valence-corrected chi connectivity index (χ0v) is 24.4. The van der Waals surface area contributed by atoms with Gasteiger partial charge in [-0.2, -0.15) is 0 Å². The Bertz CT molecular complexity index is 2520. The second kappa shape index (κ2) is 8.82. The van der Waals surface area contributed by atoms with E-state index < -0.39 is 0 Å². The lowest BCUT2D eigenvalue weighted by atomic mass is 9.98. The molecule has 0 unspecified atom stereocenters. The molecule has 6 aromatic carbocycles. The van der Waals surface area contributed by atoms with Gasteiger partial charge in [0.25, 0.3) is 0 Å². The van der Waals surface area contributed by atoms with Gasteiger partial charge in [0.05, 0.1) is 11.0 Å². The fourth-order valence-corrected chi connectivity index (χ4v) is 8.41. The van der Waals surface area contributed by atoms with Crippen LogP contribution in [0.25, 0.3) is 80.6 Å². The highest BCUT2D eigenvalue weighted by Crippen LogP contribution is 2.42. The van der Waals surface area contributed by atoms with Crippen LogP contribution in [0.15, 0.2) is 121 Å². The van der Waals surface area contributed by atoms with Crippen molar-refractivity contribution in [3.8, 4) is 16.8 Å². The Labute approximate surface area is 247 Å². The Morgan fingerprint density at radius 3 is 2.14 bits per heavy atom. The molecule has 0 aliphatic carbocycles. The largest absolute Gasteiger partial charge is 0.344 e. The maximum absolute atomic E-state index is 2.48. The van der Waals surface area contributed by atoms with E-state index >= 15 is 0 Å². The third-order valence-corrected chi connectivity index (χ3v) is 10.4. The lowest BCUT2D eigenvalue weighted by Gasteiger charge is -2.12. The van der Waals surface area contributed by atoms with Gasteiger partial charge in [-0.3, -0.25) is 0 Å². The van der Waals surface area contributed by atoms with Crippen molar-refractivity contribution >= 4 is 75.1 Å². The molecule has 0 bridgehead atoms. The SMILES string of the molecule is CCc1cc(-n2c3ccccc3c3c(-c4ccc5c(c4)c4ccccc4n5C)cccc32)cc2c1sc1ccccc12. The fraction of sp³-hybridized carbons (Fsp3) is 0.0769. The molecule has 9 rings (SSSR count). The molecule has 0 atom stereocenters. The van der Waals surface area contributed by atoms with Gasteiger partial charge in [0.2, 0.25) is 0 Å². The molecule has 200 valence electrons. The third kappa shape index (κ3) is 3.20. The van der Waals surface area contributed by atoms with Crippen LogP contribution in [0.4, 0.5) is 0 Å². The molecule has 0 N–H and O–H groups in total. The van der Waals surface area contributed by atoms with Crippen LogP contribution < -0.4 is 0 Å². The molecular weight excluding hydrogens is 529 g/mol. The van der Waals surface area contributed by atoms with Crippen LogP contribution in [0.2, 0.25) is 0 Å². The first-order valence-corrected chi connectivity index (χ1v) is 15.5. The van der Waals surface area contributed by atoms with Gasteiger partial charge in [0.15, 0.2) is 0 Å². The van der Waals surface area contributed by atoms with Crippen LogP contribution in [0.3, 0.4) is 0 Å². The topological polar surface area (TPSA) is 9.86 Å². The highest BCUT2D eigenvalue weighted by Gasteiger charge is 2.19. The van der Waals surface area contributed by atoms with Gasteiger partial charge >= 0.3 is 0 Å². The lowest BCUT2D eigenvalue weighted by Crippen LogP contribution is -1.96. The van der Waals surface area contributed by atoms with Gasteiger partial charge in [0, 0.05) is 65.5 Å². The number of aromatic nitrogens is 2. The molecular formula is C39H28N2S. The fourth-order valence-electron chi connectivity index (χ4n) is 7.15. The molecule has 3 aromatic heterocycles. The molecule has 0 radical (unpaired) electrons. The molecule has 0 saturated heterocycles. The predicted octanol–water partition coefficient (Wildman–Crippen LogP) is 11.0. The number of thiophene rings is 1. The van der Waals surface area contributed by atoms with Crippen molar-refractivity contribution in [2.24, 2.45) is 7.05 Å². The van der Waals surface area contributed by atoms with Crippen LogP contribution in [-0.2, 0) is 13.5 Å². The van der Waals surface area contributed by atoms with Crippen molar-refractivity contribution in [1.82, 2.24) is 9.13 Å². The van der Waals surface area contributed by atoms with Crippen LogP contribution in [0.5, 0.6) is 0 Å². The van der Waals surface area contributed by atoms with Gasteiger partial charge in [0.1, 0.15) is 0 Å². The highest BCUT2D eigenvalue weighted by atomic mass is 32.1. The second-order valence-electron chi connectivity index (χ2n) is 11.3. The quantitative estimate of drug-likeness (QED) is 0.205. The predicted molar refractivity (Wildman–Crippen MR) is 182 cm³/mol. The van der Waals surface area contributed by atoms with Gasteiger partial charge in [-0.05, 0) is 71.6 Å². The Hall–Kier alpha value is -4.86. The van der Waals surface area contributed by atoms with Crippen LogP contribution in [0, 0.1) is 0 Å². The minimum atomic E-state index is 1.00. The Morgan fingerprint density at radius 2 is 1.29 bits per heavy atom. The van der Waals surface area contributed by atoms with E-state index in [0.29, 0.717) is 0 Å². The van der Waals surface area contributed by atoms with Gasteiger partial charge in [-0.15, -0.1) is 11.3 Å². The molecule has 0 aliphatic heterocycles. The maximum Gasteiger partial charge on any atom is 0.0547 e. The first-order chi connectivity index (χ1) is 20.7. The Balaban J connectivity index is 1.36. The summed E-state index contributed by atoms with van der Waals surface area (Å²) < 4.78 is 7.55. The van der Waals surface area contributed by atoms with E-state index in [1.54, 1.807) is 0 Å². The Kier molecular flexibility index (Phi) is 5.00. The van der Waals surface area contributed by atoms with Crippen LogP contribution in [-0.4, -0.2) is 9.13 Å². The third-order valence-electron chi connectivity index (χ3n) is 9.10. The highest BCUT2D eigenvalue weighted by molar-refractivity contribution is 7.26. The molecule has 0 fully saturated rings. The van der Waals surface area contributed by atoms with Gasteiger partial charge < -0.3 is 9.13 Å². The number of nitrogens with zero attached hydrogens (tertiary/aromatic N) is 2. The zero-order chi connectivity index (χ0) is 27.9. The first-order valence-electron chi connectivity index (χ1n) is 14.7. The molecule has 0 saturated carbocycles. The smallest absolute Gasteiger partial charge is 0.0547 e. The van der Waals surface area contributed by atoms with E-state index in [2.05, 4.69) is 144 Å². The lowest BCUT2D eigenvalue weighted by molar-refractivity contribution is 1.01. The first kappa shape index (κ1) is 23.8. The summed E-state index contributed by atoms with van der Waals surface area (Å²) in [7, 11) is 2.16. The van der Waals surface area contributed by atoms with E-state index in [9.17, 15) is 0 Å². The number of hydrogen-bond donors (Lipinski definition) is 0. The van der Waals surface area contributed by atoms with Crippen molar-refractivity contribution in [2.75, 3.05) is 0 Å². The van der Waals surface area contributed by atoms with Crippen molar-refractivity contribution in [1.29, 1.82) is 0 Å². The monoisotopic (exact) mass is 556 g/mol. The summed E-state index contributed by atoms with van der Waals surface area (Å²) in [6.07, 6.45) is 1.00. The second-order valence-corrected chi connectivity index (χ2v) is 12.3. The number of para-hydroxylation sites is 2. The van der Waals surface area contributed by atoms with Gasteiger partial charge in [-0.1, -0.05) is 79.7 Å². The molecule has 3 heterocycles. The summed E-state index contributed by atoms with van der Waals surface area (Å²) in [5.41, 5.74) is 10.2. The summed E-state index contributed by atoms with van der Waals surface area (Å²) in [6, 6.07) is 45.0. The average Bonchev–Trinajstić information content (AvgIpc) is 3.68. The van der Waals surface area contributed by atoms with Crippen molar-refractivity contribution in [3.05, 3.63) is 127 Å². The number of benzene rings is 6. The summed E-state index contributed by atoms with van der Waals surface area (Å²) >= 11 is 1.92. The standard InChI is InChI=1S/C39H28N2S/c1-3-24-21-26(23-32-29-12-6-9-18-37(29)42-39(24)32)41-35-16-8-5-13-30(35)38-27(14-10-17-36(38)41)25-19-20-34-31(22-25)28-11-4-7-15-33(28)40(34)2/h4-23H,3H2,1-2H3. The van der Waals surface area contributed by atoms with E-state index in [0.717, 1.165) is 6.42 Å². The summed E-state index contributed by atoms with van der Waals surface area (Å²) in [6.45, 7) is 2.27. The molecule has 0 spiro atoms. The zero-order valence-electron chi connectivity index (χ0n) is 23.6. The van der Waals surface area contributed by atoms with E-state index in [1.165, 1.54) is 86.2 Å². The maximum atomic E-state index is 2.48. The normalized spacial score (nSPS) is 12.1. The Morgan fingerprint density at radius 1 is 0.571 bits per heavy atom. The molecule has 42 heavy (non-hydrogen) atoms. The van der Waals surface area contributed by atoms with E-state index in [1.807, 2.05) is 11.3 Å². The minimum Gasteiger partial charge on any atom is -0.344 e. The molecule has 9 aromatic rings. The van der Waals surface area contributed by atoms with E-state index in [4.69, 9.17) is 0 Å². The van der Waals surface area contributed by atoms with E-state index in [-0.39, 0.29) is 0 Å². The minimum absolute atomic E-state index is 1.00. The number of hydrogen-bond acceptors (Lipinski definition) is 1. The molecule has 0 amide bonds. The number of rotatable bonds is 3. The summed E-state index contributed by atoms with van der Waals surface area (Å²) in [5.74, 6) is 0. The molecule has 3 heteroatoms. The average molecular weight is 557 g/mol. The molecule has 2 nitrogen and oxygen atoms in total. The van der Waals surface area contributed by atoms with Crippen LogP contribution in [0.1, 0.15) is 12.5 Å². The number of aryl methyl sites for hydroxylation is 2. The van der Waals surface area contributed by atoms with Crippen LogP contribution >= 0.6 is 11.3 Å². The van der Waals surface area contributed by atoms with Crippen molar-refractivity contribution in [2.45, 2.75) is 13.3 Å². The summed E-state index contributed by atoms with van der Waals surface area (Å²) in [5, 5.41) is 7.89.